The van der Waals surface area contributed by atoms with Crippen LogP contribution in [0.2, 0.25) is 0 Å². The zero-order valence-electron chi connectivity index (χ0n) is 11.8. The van der Waals surface area contributed by atoms with Crippen molar-refractivity contribution in [2.24, 2.45) is 5.92 Å². The molecule has 19 heavy (non-hydrogen) atoms. The number of rotatable bonds is 5. The zero-order valence-corrected chi connectivity index (χ0v) is 11.8. The van der Waals surface area contributed by atoms with Crippen LogP contribution >= 0.6 is 0 Å². The first-order valence-corrected chi connectivity index (χ1v) is 6.91. The maximum absolute atomic E-state index is 12.0. The first kappa shape index (κ1) is 14.0. The van der Waals surface area contributed by atoms with Crippen molar-refractivity contribution in [1.82, 2.24) is 10.2 Å². The highest BCUT2D eigenvalue weighted by atomic mass is 16.2. The molecular weight excluding hydrogens is 238 g/mol. The van der Waals surface area contributed by atoms with Gasteiger partial charge in [0.2, 0.25) is 5.91 Å². The van der Waals surface area contributed by atoms with Gasteiger partial charge in [-0.05, 0) is 51.0 Å². The van der Waals surface area contributed by atoms with Crippen LogP contribution in [0.5, 0.6) is 0 Å². The lowest BCUT2D eigenvalue weighted by atomic mass is 10.1. The van der Waals surface area contributed by atoms with E-state index in [-0.39, 0.29) is 5.91 Å². The molecule has 1 saturated heterocycles. The molecule has 0 aromatic heterocycles. The second kappa shape index (κ2) is 6.68. The zero-order chi connectivity index (χ0) is 13.7. The Balaban J connectivity index is 1.81. The number of hydrogen-bond donors (Lipinski definition) is 2. The quantitative estimate of drug-likeness (QED) is 0.844. The highest BCUT2D eigenvalue weighted by molar-refractivity contribution is 5.92. The van der Waals surface area contributed by atoms with E-state index in [1.807, 2.05) is 38.2 Å². The fourth-order valence-electron chi connectivity index (χ4n) is 2.62. The molecule has 1 amide bonds. The third-order valence-corrected chi connectivity index (χ3v) is 3.65. The standard InChI is InChI=1S/C15H23N3O/c1-12-5-3-4-6-14(12)17-15(19)11-18-8-7-13(10-18)9-16-2/h3-6,13,16H,7-11H2,1-2H3,(H,17,19). The number of para-hydroxylation sites is 1. The summed E-state index contributed by atoms with van der Waals surface area (Å²) in [6.45, 7) is 5.58. The highest BCUT2D eigenvalue weighted by Crippen LogP contribution is 2.16. The molecule has 4 nitrogen and oxygen atoms in total. The molecular formula is C15H23N3O. The monoisotopic (exact) mass is 261 g/mol. The number of amides is 1. The summed E-state index contributed by atoms with van der Waals surface area (Å²) in [7, 11) is 1.98. The topological polar surface area (TPSA) is 44.4 Å². The number of benzene rings is 1. The van der Waals surface area contributed by atoms with Crippen LogP contribution in [-0.2, 0) is 4.79 Å². The molecule has 0 saturated carbocycles. The fraction of sp³-hybridized carbons (Fsp3) is 0.533. The van der Waals surface area contributed by atoms with Crippen molar-refractivity contribution in [3.8, 4) is 0 Å². The van der Waals surface area contributed by atoms with Crippen molar-refractivity contribution < 1.29 is 4.79 Å². The van der Waals surface area contributed by atoms with Crippen LogP contribution in [0.1, 0.15) is 12.0 Å². The van der Waals surface area contributed by atoms with Gasteiger partial charge < -0.3 is 10.6 Å². The minimum atomic E-state index is 0.0828. The highest BCUT2D eigenvalue weighted by Gasteiger charge is 2.23. The summed E-state index contributed by atoms with van der Waals surface area (Å²) in [4.78, 5) is 14.2. The third-order valence-electron chi connectivity index (χ3n) is 3.65. The van der Waals surface area contributed by atoms with Gasteiger partial charge in [0.25, 0.3) is 0 Å². The Hall–Kier alpha value is -1.39. The summed E-state index contributed by atoms with van der Waals surface area (Å²) in [5.74, 6) is 0.760. The van der Waals surface area contributed by atoms with Gasteiger partial charge in [0.05, 0.1) is 6.54 Å². The lowest BCUT2D eigenvalue weighted by Gasteiger charge is -2.16. The molecule has 1 aliphatic heterocycles. The number of hydrogen-bond acceptors (Lipinski definition) is 3. The van der Waals surface area contributed by atoms with Crippen molar-refractivity contribution in [3.63, 3.8) is 0 Å². The Kier molecular flexibility index (Phi) is 4.93. The molecule has 1 atom stereocenters. The Morgan fingerprint density at radius 2 is 2.21 bits per heavy atom. The summed E-state index contributed by atoms with van der Waals surface area (Å²) in [5, 5.41) is 6.19. The van der Waals surface area contributed by atoms with Crippen molar-refractivity contribution >= 4 is 11.6 Å². The molecule has 1 aromatic rings. The smallest absolute Gasteiger partial charge is 0.238 e. The number of likely N-dealkylation sites (tertiary alicyclic amines) is 1. The van der Waals surface area contributed by atoms with Gasteiger partial charge in [-0.25, -0.2) is 0 Å². The van der Waals surface area contributed by atoms with Gasteiger partial charge in [0.15, 0.2) is 0 Å². The summed E-state index contributed by atoms with van der Waals surface area (Å²) in [6.07, 6.45) is 1.18. The molecule has 1 aromatic carbocycles. The van der Waals surface area contributed by atoms with Gasteiger partial charge in [0.1, 0.15) is 0 Å². The molecule has 0 spiro atoms. The van der Waals surface area contributed by atoms with E-state index in [0.29, 0.717) is 12.5 Å². The maximum atomic E-state index is 12.0. The molecule has 1 heterocycles. The summed E-state index contributed by atoms with van der Waals surface area (Å²) >= 11 is 0. The number of anilines is 1. The van der Waals surface area contributed by atoms with Gasteiger partial charge in [-0.15, -0.1) is 0 Å². The molecule has 2 rings (SSSR count). The van der Waals surface area contributed by atoms with E-state index in [2.05, 4.69) is 15.5 Å². The largest absolute Gasteiger partial charge is 0.325 e. The van der Waals surface area contributed by atoms with Crippen LogP contribution < -0.4 is 10.6 Å². The molecule has 104 valence electrons. The van der Waals surface area contributed by atoms with Gasteiger partial charge >= 0.3 is 0 Å². The summed E-state index contributed by atoms with van der Waals surface area (Å²) in [6, 6.07) is 7.88. The van der Waals surface area contributed by atoms with Crippen LogP contribution in [0.15, 0.2) is 24.3 Å². The Morgan fingerprint density at radius 1 is 1.42 bits per heavy atom. The van der Waals surface area contributed by atoms with E-state index in [1.165, 1.54) is 6.42 Å². The first-order valence-electron chi connectivity index (χ1n) is 6.91. The number of carbonyl (C=O) groups excluding carboxylic acids is 1. The van der Waals surface area contributed by atoms with E-state index in [1.54, 1.807) is 0 Å². The summed E-state index contributed by atoms with van der Waals surface area (Å²) < 4.78 is 0. The fourth-order valence-corrected chi connectivity index (χ4v) is 2.62. The van der Waals surface area contributed by atoms with Crippen molar-refractivity contribution in [1.29, 1.82) is 0 Å². The van der Waals surface area contributed by atoms with Gasteiger partial charge in [-0.2, -0.15) is 0 Å². The van der Waals surface area contributed by atoms with Crippen LogP contribution in [0.25, 0.3) is 0 Å². The molecule has 1 unspecified atom stereocenters. The van der Waals surface area contributed by atoms with Gasteiger partial charge in [-0.3, -0.25) is 9.69 Å². The van der Waals surface area contributed by atoms with Crippen molar-refractivity contribution in [2.45, 2.75) is 13.3 Å². The Labute approximate surface area is 115 Å². The van der Waals surface area contributed by atoms with Crippen LogP contribution in [0.3, 0.4) is 0 Å². The SMILES string of the molecule is CNCC1CCN(CC(=O)Nc2ccccc2C)C1. The Morgan fingerprint density at radius 3 is 2.95 bits per heavy atom. The predicted molar refractivity (Wildman–Crippen MR) is 78.3 cm³/mol. The van der Waals surface area contributed by atoms with E-state index >= 15 is 0 Å². The van der Waals surface area contributed by atoms with Crippen molar-refractivity contribution in [2.75, 3.05) is 38.5 Å². The molecule has 0 radical (unpaired) electrons. The van der Waals surface area contributed by atoms with Gasteiger partial charge in [0, 0.05) is 12.2 Å². The molecule has 4 heteroatoms. The lowest BCUT2D eigenvalue weighted by molar-refractivity contribution is -0.117. The molecule has 0 bridgehead atoms. The number of aryl methyl sites for hydroxylation is 1. The third kappa shape index (κ3) is 4.04. The summed E-state index contributed by atoms with van der Waals surface area (Å²) in [5.41, 5.74) is 2.02. The lowest BCUT2D eigenvalue weighted by Crippen LogP contribution is -2.32. The van der Waals surface area contributed by atoms with Crippen LogP contribution in [0.4, 0.5) is 5.69 Å². The van der Waals surface area contributed by atoms with E-state index in [0.717, 1.165) is 30.9 Å². The normalized spacial score (nSPS) is 19.6. The minimum Gasteiger partial charge on any atom is -0.325 e. The number of nitrogens with one attached hydrogen (secondary N) is 2. The first-order chi connectivity index (χ1) is 9.19. The van der Waals surface area contributed by atoms with Gasteiger partial charge in [-0.1, -0.05) is 18.2 Å². The molecule has 0 aliphatic carbocycles. The maximum Gasteiger partial charge on any atom is 0.238 e. The van der Waals surface area contributed by atoms with Crippen LogP contribution in [0, 0.1) is 12.8 Å². The molecule has 1 aliphatic rings. The van der Waals surface area contributed by atoms with E-state index in [9.17, 15) is 4.79 Å². The molecule has 2 N–H and O–H groups in total. The second-order valence-electron chi connectivity index (χ2n) is 5.31. The predicted octanol–water partition coefficient (Wildman–Crippen LogP) is 1.47. The minimum absolute atomic E-state index is 0.0828. The average molecular weight is 261 g/mol. The number of carbonyl (C=O) groups is 1. The molecule has 1 fully saturated rings. The second-order valence-corrected chi connectivity index (χ2v) is 5.31. The number of nitrogens with zero attached hydrogens (tertiary/aromatic N) is 1. The van der Waals surface area contributed by atoms with Crippen LogP contribution in [-0.4, -0.2) is 44.0 Å². The average Bonchev–Trinajstić information content (AvgIpc) is 2.80. The van der Waals surface area contributed by atoms with Crippen molar-refractivity contribution in [3.05, 3.63) is 29.8 Å². The van der Waals surface area contributed by atoms with E-state index in [4.69, 9.17) is 0 Å². The van der Waals surface area contributed by atoms with E-state index < -0.39 is 0 Å². The Bertz CT molecular complexity index is 433.